The van der Waals surface area contributed by atoms with Crippen LogP contribution in [-0.2, 0) is 16.4 Å². The average molecular weight is 413 g/mol. The molecule has 1 heterocycles. The molecular weight excluding hydrogens is 388 g/mol. The first-order valence-electron chi connectivity index (χ1n) is 9.53. The number of rotatable bonds is 6. The van der Waals surface area contributed by atoms with E-state index < -0.39 is 10.0 Å². The number of hydrogen-bond donors (Lipinski definition) is 1. The second-order valence-electron chi connectivity index (χ2n) is 6.90. The first kappa shape index (κ1) is 19.5. The monoisotopic (exact) mass is 412 g/mol. The number of nitrogens with one attached hydrogen (secondary N) is 1. The lowest BCUT2D eigenvalue weighted by Gasteiger charge is -2.22. The molecule has 6 nitrogen and oxygen atoms in total. The minimum atomic E-state index is -3.46. The van der Waals surface area contributed by atoms with E-state index in [0.29, 0.717) is 22.9 Å². The molecule has 0 unspecified atom stereocenters. The Bertz CT molecular complexity index is 1170. The second-order valence-corrected chi connectivity index (χ2v) is 8.67. The normalized spacial score (nSPS) is 13.6. The highest BCUT2D eigenvalue weighted by atomic mass is 32.2. The van der Waals surface area contributed by atoms with Gasteiger partial charge in [0.25, 0.3) is 0 Å². The Morgan fingerprint density at radius 2 is 1.76 bits per heavy atom. The molecule has 29 heavy (non-hydrogen) atoms. The maximum Gasteiger partial charge on any atom is 0.240 e. The molecule has 1 aliphatic heterocycles. The van der Waals surface area contributed by atoms with Gasteiger partial charge in [-0.05, 0) is 53.8 Å². The van der Waals surface area contributed by atoms with Crippen molar-refractivity contribution in [2.45, 2.75) is 18.2 Å². The van der Waals surface area contributed by atoms with Crippen molar-refractivity contribution in [2.75, 3.05) is 32.2 Å². The summed E-state index contributed by atoms with van der Waals surface area (Å²) in [5, 5.41) is 2.11. The van der Waals surface area contributed by atoms with Crippen LogP contribution in [0.5, 0.6) is 11.5 Å². The molecule has 0 fully saturated rings. The number of fused-ring (bicyclic) bond motifs is 2. The SMILES string of the molecule is CCNS(=O)(=O)c1ccc2c(c1)CCN2c1cccc2cc(OC)c(OC)cc12. The minimum absolute atomic E-state index is 0.310. The molecule has 152 valence electrons. The molecule has 3 aromatic carbocycles. The molecule has 0 bridgehead atoms. The van der Waals surface area contributed by atoms with Crippen LogP contribution in [0, 0.1) is 0 Å². The standard InChI is InChI=1S/C22H24N2O4S/c1-4-23-29(25,26)17-8-9-19-16(12-17)10-11-24(19)20-7-5-6-15-13-21(27-2)22(28-3)14-18(15)20/h5-9,12-14,23H,4,10-11H2,1-3H3. The van der Waals surface area contributed by atoms with E-state index in [9.17, 15) is 8.42 Å². The predicted octanol–water partition coefficient (Wildman–Crippen LogP) is 3.85. The Kier molecular flexibility index (Phi) is 5.10. The van der Waals surface area contributed by atoms with Crippen LogP contribution in [0.25, 0.3) is 10.8 Å². The van der Waals surface area contributed by atoms with Gasteiger partial charge in [-0.15, -0.1) is 0 Å². The maximum atomic E-state index is 12.3. The largest absolute Gasteiger partial charge is 0.493 e. The summed E-state index contributed by atoms with van der Waals surface area (Å²) in [5.41, 5.74) is 3.12. The lowest BCUT2D eigenvalue weighted by molar-refractivity contribution is 0.356. The highest BCUT2D eigenvalue weighted by Gasteiger charge is 2.25. The second kappa shape index (κ2) is 7.57. The molecule has 1 aliphatic rings. The molecule has 0 amide bonds. The van der Waals surface area contributed by atoms with Crippen molar-refractivity contribution in [3.63, 3.8) is 0 Å². The quantitative estimate of drug-likeness (QED) is 0.666. The van der Waals surface area contributed by atoms with Crippen molar-refractivity contribution in [1.29, 1.82) is 0 Å². The summed E-state index contributed by atoms with van der Waals surface area (Å²) >= 11 is 0. The van der Waals surface area contributed by atoms with Crippen LogP contribution in [-0.4, -0.2) is 35.7 Å². The lowest BCUT2D eigenvalue weighted by atomic mass is 10.1. The van der Waals surface area contributed by atoms with E-state index in [0.717, 1.165) is 40.7 Å². The van der Waals surface area contributed by atoms with Gasteiger partial charge in [-0.25, -0.2) is 13.1 Å². The zero-order valence-corrected chi connectivity index (χ0v) is 17.5. The fourth-order valence-corrected chi connectivity index (χ4v) is 4.98. The number of methoxy groups -OCH3 is 2. The minimum Gasteiger partial charge on any atom is -0.493 e. The summed E-state index contributed by atoms with van der Waals surface area (Å²) in [6, 6.07) is 15.5. The Balaban J connectivity index is 1.80. The highest BCUT2D eigenvalue weighted by Crippen LogP contribution is 2.42. The third-order valence-corrected chi connectivity index (χ3v) is 6.79. The van der Waals surface area contributed by atoms with Gasteiger partial charge in [-0.3, -0.25) is 0 Å². The van der Waals surface area contributed by atoms with E-state index in [1.165, 1.54) is 0 Å². The number of ether oxygens (including phenoxy) is 2. The van der Waals surface area contributed by atoms with Crippen molar-refractivity contribution in [3.8, 4) is 11.5 Å². The first-order chi connectivity index (χ1) is 14.0. The molecule has 0 saturated heterocycles. The van der Waals surface area contributed by atoms with E-state index in [4.69, 9.17) is 9.47 Å². The van der Waals surface area contributed by atoms with Crippen LogP contribution in [0.4, 0.5) is 11.4 Å². The van der Waals surface area contributed by atoms with Crippen molar-refractivity contribution in [1.82, 2.24) is 4.72 Å². The molecule has 1 N–H and O–H groups in total. The van der Waals surface area contributed by atoms with Gasteiger partial charge in [0.1, 0.15) is 0 Å². The number of nitrogens with zero attached hydrogens (tertiary/aromatic N) is 1. The molecule has 0 radical (unpaired) electrons. The summed E-state index contributed by atoms with van der Waals surface area (Å²) in [4.78, 5) is 2.54. The fourth-order valence-electron chi connectivity index (χ4n) is 3.89. The smallest absolute Gasteiger partial charge is 0.240 e. The van der Waals surface area contributed by atoms with Gasteiger partial charge in [-0.1, -0.05) is 19.1 Å². The molecule has 3 aromatic rings. The molecule has 0 atom stereocenters. The maximum absolute atomic E-state index is 12.3. The van der Waals surface area contributed by atoms with Crippen molar-refractivity contribution >= 4 is 32.2 Å². The highest BCUT2D eigenvalue weighted by molar-refractivity contribution is 7.89. The molecule has 0 spiro atoms. The van der Waals surface area contributed by atoms with Gasteiger partial charge in [0, 0.05) is 29.9 Å². The van der Waals surface area contributed by atoms with E-state index in [-0.39, 0.29) is 0 Å². The van der Waals surface area contributed by atoms with Crippen LogP contribution in [0.2, 0.25) is 0 Å². The van der Waals surface area contributed by atoms with Gasteiger partial charge in [0.05, 0.1) is 19.1 Å². The summed E-state index contributed by atoms with van der Waals surface area (Å²) < 4.78 is 38.2. The fraction of sp³-hybridized carbons (Fsp3) is 0.273. The number of sulfonamides is 1. The average Bonchev–Trinajstić information content (AvgIpc) is 3.15. The number of benzene rings is 3. The number of anilines is 2. The van der Waals surface area contributed by atoms with Crippen molar-refractivity contribution in [2.24, 2.45) is 0 Å². The third-order valence-electron chi connectivity index (χ3n) is 5.24. The van der Waals surface area contributed by atoms with Gasteiger partial charge in [0.15, 0.2) is 11.5 Å². The molecule has 0 saturated carbocycles. The van der Waals surface area contributed by atoms with E-state index >= 15 is 0 Å². The lowest BCUT2D eigenvalue weighted by Crippen LogP contribution is -2.23. The Labute approximate surface area is 171 Å². The predicted molar refractivity (Wildman–Crippen MR) is 115 cm³/mol. The van der Waals surface area contributed by atoms with Gasteiger partial charge >= 0.3 is 0 Å². The Hall–Kier alpha value is -2.77. The van der Waals surface area contributed by atoms with Gasteiger partial charge in [0.2, 0.25) is 10.0 Å². The van der Waals surface area contributed by atoms with Crippen LogP contribution in [0.1, 0.15) is 12.5 Å². The van der Waals surface area contributed by atoms with Gasteiger partial charge in [-0.2, -0.15) is 0 Å². The Morgan fingerprint density at radius 3 is 2.48 bits per heavy atom. The van der Waals surface area contributed by atoms with Crippen LogP contribution in [0.15, 0.2) is 53.4 Å². The van der Waals surface area contributed by atoms with Crippen molar-refractivity contribution < 1.29 is 17.9 Å². The van der Waals surface area contributed by atoms with E-state index in [2.05, 4.69) is 15.7 Å². The zero-order valence-electron chi connectivity index (χ0n) is 16.7. The summed E-state index contributed by atoms with van der Waals surface area (Å²) in [6.45, 7) is 2.93. The van der Waals surface area contributed by atoms with E-state index in [1.807, 2.05) is 30.3 Å². The topological polar surface area (TPSA) is 67.9 Å². The van der Waals surface area contributed by atoms with Gasteiger partial charge < -0.3 is 14.4 Å². The third kappa shape index (κ3) is 3.41. The first-order valence-corrected chi connectivity index (χ1v) is 11.0. The Morgan fingerprint density at radius 1 is 1.00 bits per heavy atom. The zero-order chi connectivity index (χ0) is 20.6. The van der Waals surface area contributed by atoms with Crippen molar-refractivity contribution in [3.05, 3.63) is 54.1 Å². The molecule has 7 heteroatoms. The summed E-state index contributed by atoms with van der Waals surface area (Å²) in [5.74, 6) is 1.37. The van der Waals surface area contributed by atoms with Crippen LogP contribution in [0.3, 0.4) is 0 Å². The van der Waals surface area contributed by atoms with Crippen LogP contribution < -0.4 is 19.1 Å². The molecule has 0 aliphatic carbocycles. The molecular formula is C22H24N2O4S. The molecule has 0 aromatic heterocycles. The summed E-state index contributed by atoms with van der Waals surface area (Å²) in [6.07, 6.45) is 0.786. The van der Waals surface area contributed by atoms with E-state index in [1.54, 1.807) is 33.3 Å². The molecule has 4 rings (SSSR count). The summed E-state index contributed by atoms with van der Waals surface area (Å²) in [7, 11) is -0.207. The van der Waals surface area contributed by atoms with Crippen LogP contribution >= 0.6 is 0 Å². The number of hydrogen-bond acceptors (Lipinski definition) is 5.